The first-order valence-electron chi connectivity index (χ1n) is 9.46. The third kappa shape index (κ3) is 2.05. The van der Waals surface area contributed by atoms with Crippen molar-refractivity contribution in [2.45, 2.75) is 64.4 Å². The minimum Gasteiger partial charge on any atom is -0.393 e. The minimum absolute atomic E-state index is 0.102. The second-order valence-corrected chi connectivity index (χ2v) is 9.04. The maximum atomic E-state index is 11.8. The molecular formula is C20H30O3. The number of carbonyl (C=O) groups is 1. The average Bonchev–Trinajstić information content (AvgIpc) is 2.79. The first-order chi connectivity index (χ1) is 10.9. The Hall–Kier alpha value is -0.670. The van der Waals surface area contributed by atoms with Crippen LogP contribution in [0.4, 0.5) is 0 Å². The zero-order chi connectivity index (χ0) is 16.4. The van der Waals surface area contributed by atoms with Gasteiger partial charge in [-0.1, -0.05) is 19.4 Å². The van der Waals surface area contributed by atoms with E-state index in [-0.39, 0.29) is 12.0 Å². The Bertz CT molecular complexity index is 553. The fraction of sp³-hybridized carbons (Fsp3) is 0.850. The second kappa shape index (κ2) is 5.16. The van der Waals surface area contributed by atoms with Gasteiger partial charge in [-0.3, -0.25) is 4.79 Å². The van der Waals surface area contributed by atoms with Crippen LogP contribution < -0.4 is 0 Å². The first kappa shape index (κ1) is 15.8. The lowest BCUT2D eigenvalue weighted by molar-refractivity contribution is -0.145. The molecular weight excluding hydrogens is 288 g/mol. The SMILES string of the molecule is CC1CC2=CC(=O)CCC2C2CC[C@@]3(C)C(CC[C@@]3(O)CO)C12. The molecule has 0 radical (unpaired) electrons. The van der Waals surface area contributed by atoms with Gasteiger partial charge in [0.05, 0.1) is 12.2 Å². The van der Waals surface area contributed by atoms with Crippen molar-refractivity contribution in [1.29, 1.82) is 0 Å². The van der Waals surface area contributed by atoms with Crippen molar-refractivity contribution in [2.75, 3.05) is 6.61 Å². The molecule has 2 N–H and O–H groups in total. The van der Waals surface area contributed by atoms with E-state index in [1.165, 1.54) is 5.57 Å². The quantitative estimate of drug-likeness (QED) is 0.781. The number of carbonyl (C=O) groups excluding carboxylic acids is 1. The Kier molecular flexibility index (Phi) is 3.55. The molecule has 4 aliphatic carbocycles. The molecule has 3 heteroatoms. The van der Waals surface area contributed by atoms with E-state index in [4.69, 9.17) is 0 Å². The minimum atomic E-state index is -0.888. The van der Waals surface area contributed by atoms with Gasteiger partial charge in [0.15, 0.2) is 5.78 Å². The summed E-state index contributed by atoms with van der Waals surface area (Å²) in [5.41, 5.74) is 0.387. The molecule has 3 fully saturated rings. The van der Waals surface area contributed by atoms with Crippen molar-refractivity contribution in [3.05, 3.63) is 11.6 Å². The van der Waals surface area contributed by atoms with Crippen LogP contribution in [0.1, 0.15) is 58.8 Å². The van der Waals surface area contributed by atoms with Gasteiger partial charge < -0.3 is 10.2 Å². The van der Waals surface area contributed by atoms with Gasteiger partial charge in [0.1, 0.15) is 0 Å². The summed E-state index contributed by atoms with van der Waals surface area (Å²) in [6.45, 7) is 4.46. The Balaban J connectivity index is 1.68. The molecule has 0 amide bonds. The zero-order valence-electron chi connectivity index (χ0n) is 14.4. The fourth-order valence-corrected chi connectivity index (χ4v) is 6.96. The molecule has 0 saturated heterocycles. The standard InChI is InChI=1S/C20H30O3/c1-12-9-13-10-14(22)3-4-15(13)16-5-7-19(2)17(18(12)16)6-8-20(19,23)11-21/h10,12,15-18,21,23H,3-9,11H2,1-2H3/t12?,15?,16?,17?,18?,19-,20+/m0/s1. The summed E-state index contributed by atoms with van der Waals surface area (Å²) >= 11 is 0. The lowest BCUT2D eigenvalue weighted by Crippen LogP contribution is -2.55. The molecule has 3 nitrogen and oxygen atoms in total. The highest BCUT2D eigenvalue weighted by molar-refractivity contribution is 5.91. The topological polar surface area (TPSA) is 57.5 Å². The maximum absolute atomic E-state index is 11.8. The molecule has 0 spiro atoms. The number of allylic oxidation sites excluding steroid dienone is 1. The van der Waals surface area contributed by atoms with Crippen LogP contribution in [0.5, 0.6) is 0 Å². The Morgan fingerprint density at radius 2 is 2.04 bits per heavy atom. The highest BCUT2D eigenvalue weighted by atomic mass is 16.3. The number of hydrogen-bond donors (Lipinski definition) is 2. The van der Waals surface area contributed by atoms with Crippen LogP contribution in [-0.2, 0) is 4.79 Å². The second-order valence-electron chi connectivity index (χ2n) is 9.04. The summed E-state index contributed by atoms with van der Waals surface area (Å²) in [5, 5.41) is 20.8. The lowest BCUT2D eigenvalue weighted by Gasteiger charge is -2.57. The van der Waals surface area contributed by atoms with Crippen LogP contribution in [0.15, 0.2) is 11.6 Å². The molecule has 5 unspecified atom stereocenters. The van der Waals surface area contributed by atoms with E-state index >= 15 is 0 Å². The lowest BCUT2D eigenvalue weighted by atomic mass is 9.48. The molecule has 3 saturated carbocycles. The van der Waals surface area contributed by atoms with Gasteiger partial charge in [-0.2, -0.15) is 0 Å². The van der Waals surface area contributed by atoms with E-state index in [2.05, 4.69) is 13.8 Å². The summed E-state index contributed by atoms with van der Waals surface area (Å²) in [6.07, 6.45) is 8.70. The van der Waals surface area contributed by atoms with Gasteiger partial charge in [-0.25, -0.2) is 0 Å². The molecule has 0 aromatic heterocycles. The van der Waals surface area contributed by atoms with Crippen molar-refractivity contribution < 1.29 is 15.0 Å². The highest BCUT2D eigenvalue weighted by Crippen LogP contribution is 2.65. The molecule has 4 aliphatic rings. The van der Waals surface area contributed by atoms with Crippen LogP contribution in [0.2, 0.25) is 0 Å². The summed E-state index contributed by atoms with van der Waals surface area (Å²) in [7, 11) is 0. The monoisotopic (exact) mass is 318 g/mol. The molecule has 0 aromatic carbocycles. The van der Waals surface area contributed by atoms with E-state index in [9.17, 15) is 15.0 Å². The van der Waals surface area contributed by atoms with Gasteiger partial charge in [0.25, 0.3) is 0 Å². The number of hydrogen-bond acceptors (Lipinski definition) is 3. The predicted molar refractivity (Wildman–Crippen MR) is 88.7 cm³/mol. The molecule has 7 atom stereocenters. The van der Waals surface area contributed by atoms with Crippen LogP contribution >= 0.6 is 0 Å². The smallest absolute Gasteiger partial charge is 0.155 e. The number of aliphatic hydroxyl groups is 2. The van der Waals surface area contributed by atoms with Crippen LogP contribution in [-0.4, -0.2) is 28.2 Å². The van der Waals surface area contributed by atoms with Crippen LogP contribution in [0, 0.1) is 35.0 Å². The summed E-state index contributed by atoms with van der Waals surface area (Å²) in [4.78, 5) is 11.8. The molecule has 0 heterocycles. The summed E-state index contributed by atoms with van der Waals surface area (Å²) in [6, 6.07) is 0. The van der Waals surface area contributed by atoms with Gasteiger partial charge in [0, 0.05) is 11.8 Å². The predicted octanol–water partition coefficient (Wildman–Crippen LogP) is 3.10. The molecule has 4 rings (SSSR count). The van der Waals surface area contributed by atoms with Crippen LogP contribution in [0.25, 0.3) is 0 Å². The van der Waals surface area contributed by atoms with Gasteiger partial charge >= 0.3 is 0 Å². The van der Waals surface area contributed by atoms with Crippen molar-refractivity contribution in [3.63, 3.8) is 0 Å². The molecule has 23 heavy (non-hydrogen) atoms. The summed E-state index contributed by atoms with van der Waals surface area (Å²) in [5.74, 6) is 3.34. The number of ketones is 1. The Labute approximate surface area is 139 Å². The normalized spacial score (nSPS) is 52.4. The molecule has 0 bridgehead atoms. The van der Waals surface area contributed by atoms with E-state index < -0.39 is 5.60 Å². The first-order valence-corrected chi connectivity index (χ1v) is 9.46. The van der Waals surface area contributed by atoms with Crippen LogP contribution in [0.3, 0.4) is 0 Å². The number of rotatable bonds is 1. The average molecular weight is 318 g/mol. The van der Waals surface area contributed by atoms with Crippen molar-refractivity contribution in [1.82, 2.24) is 0 Å². The number of fused-ring (bicyclic) bond motifs is 5. The maximum Gasteiger partial charge on any atom is 0.155 e. The third-order valence-electron chi connectivity index (χ3n) is 8.22. The highest BCUT2D eigenvalue weighted by Gasteiger charge is 2.63. The molecule has 0 aliphatic heterocycles. The fourth-order valence-electron chi connectivity index (χ4n) is 6.96. The van der Waals surface area contributed by atoms with Crippen molar-refractivity contribution in [3.8, 4) is 0 Å². The number of aliphatic hydroxyl groups excluding tert-OH is 1. The van der Waals surface area contributed by atoms with Gasteiger partial charge in [-0.15, -0.1) is 0 Å². The molecule has 0 aromatic rings. The van der Waals surface area contributed by atoms with E-state index in [1.54, 1.807) is 0 Å². The molecule has 128 valence electrons. The largest absolute Gasteiger partial charge is 0.393 e. The Morgan fingerprint density at radius 3 is 2.78 bits per heavy atom. The zero-order valence-corrected chi connectivity index (χ0v) is 14.4. The van der Waals surface area contributed by atoms with E-state index in [0.717, 1.165) is 38.5 Å². The van der Waals surface area contributed by atoms with Crippen molar-refractivity contribution in [2.24, 2.45) is 35.0 Å². The van der Waals surface area contributed by atoms with Crippen molar-refractivity contribution >= 4 is 5.78 Å². The van der Waals surface area contributed by atoms with E-state index in [0.29, 0.717) is 41.8 Å². The third-order valence-corrected chi connectivity index (χ3v) is 8.22. The van der Waals surface area contributed by atoms with Gasteiger partial charge in [-0.05, 0) is 74.2 Å². The van der Waals surface area contributed by atoms with Gasteiger partial charge in [0.2, 0.25) is 0 Å². The van der Waals surface area contributed by atoms with E-state index in [1.807, 2.05) is 6.08 Å². The summed E-state index contributed by atoms with van der Waals surface area (Å²) < 4.78 is 0. The Morgan fingerprint density at radius 1 is 1.26 bits per heavy atom.